The molecule has 24 valence electrons. The van der Waals surface area contributed by atoms with Gasteiger partial charge >= 0.3 is 0 Å². The molecule has 0 nitrogen and oxygen atoms in total. The first-order chi connectivity index (χ1) is 0. The van der Waals surface area contributed by atoms with Crippen molar-refractivity contribution >= 4 is 33.7 Å². The first-order valence-electron chi connectivity index (χ1n) is 0. The number of hydrogen-bond donors (Lipinski definition) is 0. The third kappa shape index (κ3) is 82.8. The number of hydrogen-bond acceptors (Lipinski definition) is 0. The molecule has 12 radical (unpaired) electrons. The summed E-state index contributed by atoms with van der Waals surface area (Å²) >= 11 is 0. The van der Waals surface area contributed by atoms with Crippen molar-refractivity contribution in [2.75, 3.05) is 0 Å². The van der Waals surface area contributed by atoms with Gasteiger partial charge in [0.2, 0.25) is 0 Å². The average Bonchev–Trinajstić information content (AvgIpc) is 0. The molecule has 0 rings (SSSR count). The zero-order valence-corrected chi connectivity index (χ0v) is 4.37. The van der Waals surface area contributed by atoms with Crippen molar-refractivity contribution in [3.05, 3.63) is 0 Å². The van der Waals surface area contributed by atoms with E-state index in [0.29, 0.717) is 0 Å². The Morgan fingerprint density at radius 1 is 0.500 bits per heavy atom. The minimum Gasteiger partial charge on any atom is -0.0776 e. The Kier molecular flexibility index (Phi) is 6810. The van der Waals surface area contributed by atoms with Crippen LogP contribution in [0.2, 0.25) is 0 Å². The summed E-state index contributed by atoms with van der Waals surface area (Å²) in [6.07, 6.45) is 0. The van der Waals surface area contributed by atoms with E-state index < -0.39 is 0 Å². The van der Waals surface area contributed by atoms with E-state index in [9.17, 15) is 0 Å². The molecule has 0 fully saturated rings. The maximum absolute atomic E-state index is 0. The van der Waals surface area contributed by atoms with Crippen LogP contribution in [0.15, 0.2) is 0 Å². The molecule has 0 aliphatic carbocycles. The Balaban J connectivity index is 0. The normalized spacial score (nSPS) is 0. The Morgan fingerprint density at radius 2 is 0.500 bits per heavy atom. The summed E-state index contributed by atoms with van der Waals surface area (Å²) in [5.41, 5.74) is 0. The predicted octanol–water partition coefficient (Wildman–Crippen LogP) is -0.890. The Bertz CT molecular complexity index is 7.51. The quantitative estimate of drug-likeness (QED) is 0.352. The molecule has 0 bridgehead atoms. The smallest absolute Gasteiger partial charge is 0 e. The van der Waals surface area contributed by atoms with E-state index in [1.807, 2.05) is 0 Å². The molecule has 0 aromatic carbocycles. The molecular formula is CH4B4Ti. The predicted molar refractivity (Wildman–Crippen MR) is 29.7 cm³/mol. The van der Waals surface area contributed by atoms with Crippen molar-refractivity contribution in [3.8, 4) is 0 Å². The van der Waals surface area contributed by atoms with E-state index >= 15 is 0 Å². The molecule has 0 N–H and O–H groups in total. The van der Waals surface area contributed by atoms with Crippen LogP contribution in [-0.4, -0.2) is 33.7 Å². The van der Waals surface area contributed by atoms with E-state index in [-0.39, 0.29) is 62.8 Å². The van der Waals surface area contributed by atoms with Crippen molar-refractivity contribution in [1.82, 2.24) is 0 Å². The summed E-state index contributed by atoms with van der Waals surface area (Å²) in [6.45, 7) is 0. The largest absolute Gasteiger partial charge is 0.0776 e. The fourth-order valence-electron chi connectivity index (χ4n) is 0. The average molecular weight is 107 g/mol. The van der Waals surface area contributed by atoms with E-state index in [0.717, 1.165) is 0 Å². The second-order valence-electron chi connectivity index (χ2n) is 0. The van der Waals surface area contributed by atoms with Gasteiger partial charge in [0.05, 0.1) is 0 Å². The molecular weight excluding hydrogens is 103 g/mol. The van der Waals surface area contributed by atoms with Crippen LogP contribution in [-0.2, 0) is 21.7 Å². The van der Waals surface area contributed by atoms with Gasteiger partial charge in [0.25, 0.3) is 0 Å². The molecule has 0 aromatic rings. The fourth-order valence-corrected chi connectivity index (χ4v) is 0. The molecule has 0 spiro atoms. The van der Waals surface area contributed by atoms with Crippen molar-refractivity contribution < 1.29 is 21.7 Å². The number of rotatable bonds is 0. The van der Waals surface area contributed by atoms with Crippen LogP contribution < -0.4 is 0 Å². The van der Waals surface area contributed by atoms with Gasteiger partial charge in [-0.2, -0.15) is 0 Å². The van der Waals surface area contributed by atoms with E-state index in [2.05, 4.69) is 0 Å². The Hall–Kier alpha value is 0.974. The molecule has 0 saturated carbocycles. The summed E-state index contributed by atoms with van der Waals surface area (Å²) in [4.78, 5) is 0. The van der Waals surface area contributed by atoms with Crippen molar-refractivity contribution in [2.45, 2.75) is 7.43 Å². The minimum atomic E-state index is 0. The standard InChI is InChI=1S/CH4.4B.Ti/h1H4;;;;;. The van der Waals surface area contributed by atoms with Crippen molar-refractivity contribution in [3.63, 3.8) is 0 Å². The molecule has 6 heavy (non-hydrogen) atoms. The zero-order valence-electron chi connectivity index (χ0n) is 2.81. The monoisotopic (exact) mass is 108 g/mol. The summed E-state index contributed by atoms with van der Waals surface area (Å²) in [5.74, 6) is 0. The van der Waals surface area contributed by atoms with Gasteiger partial charge in [-0.3, -0.25) is 0 Å². The molecule has 0 aliphatic heterocycles. The second-order valence-corrected chi connectivity index (χ2v) is 0. The van der Waals surface area contributed by atoms with Crippen LogP contribution >= 0.6 is 0 Å². The fraction of sp³-hybridized carbons (Fsp3) is 1.00. The Labute approximate surface area is 63.0 Å². The van der Waals surface area contributed by atoms with Gasteiger partial charge in [0.1, 0.15) is 0 Å². The van der Waals surface area contributed by atoms with Gasteiger partial charge in [-0.25, -0.2) is 0 Å². The molecule has 0 saturated heterocycles. The summed E-state index contributed by atoms with van der Waals surface area (Å²) in [7, 11) is 0. The summed E-state index contributed by atoms with van der Waals surface area (Å²) in [6, 6.07) is 0. The second kappa shape index (κ2) is 156. The van der Waals surface area contributed by atoms with Crippen LogP contribution in [0.5, 0.6) is 0 Å². The topological polar surface area (TPSA) is 0 Å². The van der Waals surface area contributed by atoms with Gasteiger partial charge in [0.15, 0.2) is 0 Å². The maximum atomic E-state index is 0. The van der Waals surface area contributed by atoms with Gasteiger partial charge in [-0.15, -0.1) is 0 Å². The van der Waals surface area contributed by atoms with E-state index in [4.69, 9.17) is 0 Å². The Morgan fingerprint density at radius 3 is 0.500 bits per heavy atom. The van der Waals surface area contributed by atoms with Gasteiger partial charge < -0.3 is 0 Å². The third-order valence-corrected chi connectivity index (χ3v) is 0. The van der Waals surface area contributed by atoms with Gasteiger partial charge in [0, 0.05) is 55.4 Å². The van der Waals surface area contributed by atoms with Gasteiger partial charge in [-0.1, -0.05) is 7.43 Å². The maximum Gasteiger partial charge on any atom is 0 e. The molecule has 0 unspecified atom stereocenters. The van der Waals surface area contributed by atoms with E-state index in [1.165, 1.54) is 0 Å². The van der Waals surface area contributed by atoms with Crippen LogP contribution in [0.4, 0.5) is 0 Å². The molecule has 0 heterocycles. The SMILES string of the molecule is C.[B].[B].[B].[B].[Ti]. The van der Waals surface area contributed by atoms with Crippen LogP contribution in [0, 0.1) is 0 Å². The molecule has 0 aromatic heterocycles. The van der Waals surface area contributed by atoms with Crippen molar-refractivity contribution in [1.29, 1.82) is 0 Å². The van der Waals surface area contributed by atoms with Crippen LogP contribution in [0.3, 0.4) is 0 Å². The summed E-state index contributed by atoms with van der Waals surface area (Å²) < 4.78 is 0. The van der Waals surface area contributed by atoms with Crippen LogP contribution in [0.1, 0.15) is 7.43 Å². The summed E-state index contributed by atoms with van der Waals surface area (Å²) in [5, 5.41) is 0. The first kappa shape index (κ1) is 262. The van der Waals surface area contributed by atoms with Crippen molar-refractivity contribution in [2.24, 2.45) is 0 Å². The van der Waals surface area contributed by atoms with E-state index in [1.54, 1.807) is 0 Å². The molecule has 0 amide bonds. The minimum absolute atomic E-state index is 0. The molecule has 0 aliphatic rings. The van der Waals surface area contributed by atoms with Gasteiger partial charge in [-0.05, 0) is 0 Å². The molecule has 0 atom stereocenters. The first-order valence-corrected chi connectivity index (χ1v) is 0. The zero-order chi connectivity index (χ0) is 0. The van der Waals surface area contributed by atoms with Crippen LogP contribution in [0.25, 0.3) is 0 Å². The molecule has 5 heteroatoms. The third-order valence-electron chi connectivity index (χ3n) is 0.